The summed E-state index contributed by atoms with van der Waals surface area (Å²) in [5.41, 5.74) is 1.32. The van der Waals surface area contributed by atoms with Gasteiger partial charge in [-0.05, 0) is 18.6 Å². The molecular formula is C15H16F3N3S. The lowest BCUT2D eigenvalue weighted by Gasteiger charge is -2.27. The first-order valence-electron chi connectivity index (χ1n) is 7.17. The molecule has 0 N–H and O–H groups in total. The van der Waals surface area contributed by atoms with Crippen LogP contribution in [-0.2, 0) is 32.1 Å². The second kappa shape index (κ2) is 5.96. The van der Waals surface area contributed by atoms with Gasteiger partial charge >= 0.3 is 6.18 Å². The molecule has 3 nitrogen and oxygen atoms in total. The van der Waals surface area contributed by atoms with E-state index in [1.54, 1.807) is 11.3 Å². The lowest BCUT2D eigenvalue weighted by molar-refractivity contribution is -0.145. The fourth-order valence-electron chi connectivity index (χ4n) is 2.56. The third kappa shape index (κ3) is 3.30. The van der Waals surface area contributed by atoms with Crippen LogP contribution in [0.2, 0.25) is 0 Å². The number of thiophene rings is 1. The predicted octanol–water partition coefficient (Wildman–Crippen LogP) is 3.68. The summed E-state index contributed by atoms with van der Waals surface area (Å²) >= 11 is 1.79. The highest BCUT2D eigenvalue weighted by atomic mass is 32.1. The molecule has 1 aliphatic heterocycles. The molecule has 1 aliphatic rings. The van der Waals surface area contributed by atoms with E-state index in [2.05, 4.69) is 33.9 Å². The number of hydrogen-bond acceptors (Lipinski definition) is 4. The van der Waals surface area contributed by atoms with Crippen molar-refractivity contribution in [2.45, 2.75) is 39.0 Å². The van der Waals surface area contributed by atoms with E-state index < -0.39 is 12.0 Å². The molecule has 0 fully saturated rings. The summed E-state index contributed by atoms with van der Waals surface area (Å²) in [6, 6.07) is 4.26. The number of aryl methyl sites for hydroxylation is 1. The van der Waals surface area contributed by atoms with E-state index in [9.17, 15) is 13.2 Å². The summed E-state index contributed by atoms with van der Waals surface area (Å²) in [6.07, 6.45) is -1.59. The maximum Gasteiger partial charge on any atom is 0.451 e. The van der Waals surface area contributed by atoms with E-state index in [0.29, 0.717) is 18.7 Å². The van der Waals surface area contributed by atoms with Crippen LogP contribution in [0.1, 0.15) is 33.8 Å². The minimum atomic E-state index is -4.47. The number of fused-ring (bicyclic) bond motifs is 1. The maximum atomic E-state index is 12.6. The zero-order valence-electron chi connectivity index (χ0n) is 12.2. The van der Waals surface area contributed by atoms with Gasteiger partial charge in [0.1, 0.15) is 0 Å². The van der Waals surface area contributed by atoms with Crippen molar-refractivity contribution in [2.24, 2.45) is 0 Å². The average Bonchev–Trinajstić information content (AvgIpc) is 2.93. The fourth-order valence-corrected chi connectivity index (χ4v) is 3.56. The number of alkyl halides is 3. The molecule has 0 saturated carbocycles. The number of nitrogens with zero attached hydrogens (tertiary/aromatic N) is 3. The lowest BCUT2D eigenvalue weighted by atomic mass is 10.1. The molecule has 2 aromatic heterocycles. The highest BCUT2D eigenvalue weighted by Crippen LogP contribution is 2.28. The summed E-state index contributed by atoms with van der Waals surface area (Å²) in [5, 5.41) is 0. The van der Waals surface area contributed by atoms with Crippen LogP contribution >= 0.6 is 11.3 Å². The van der Waals surface area contributed by atoms with Gasteiger partial charge in [0.05, 0.1) is 5.69 Å². The second-order valence-electron chi connectivity index (χ2n) is 5.35. The molecule has 0 aromatic carbocycles. The summed E-state index contributed by atoms with van der Waals surface area (Å²) in [4.78, 5) is 12.0. The van der Waals surface area contributed by atoms with Crippen molar-refractivity contribution in [1.29, 1.82) is 0 Å². The molecule has 3 rings (SSSR count). The summed E-state index contributed by atoms with van der Waals surface area (Å²) in [5.74, 6) is -1.04. The Bertz CT molecular complexity index is 666. The van der Waals surface area contributed by atoms with Gasteiger partial charge in [-0.2, -0.15) is 13.2 Å². The van der Waals surface area contributed by atoms with Crippen molar-refractivity contribution in [3.05, 3.63) is 45.2 Å². The first kappa shape index (κ1) is 15.4. The molecule has 2 aromatic rings. The Morgan fingerprint density at radius 3 is 2.73 bits per heavy atom. The Morgan fingerprint density at radius 1 is 1.27 bits per heavy atom. The van der Waals surface area contributed by atoms with Crippen LogP contribution in [0.25, 0.3) is 0 Å². The first-order valence-corrected chi connectivity index (χ1v) is 7.99. The Kier molecular flexibility index (Phi) is 4.18. The first-order chi connectivity index (χ1) is 10.5. The van der Waals surface area contributed by atoms with E-state index in [4.69, 9.17) is 0 Å². The third-order valence-corrected chi connectivity index (χ3v) is 4.93. The summed E-state index contributed by atoms with van der Waals surface area (Å²) in [6.45, 7) is 4.28. The largest absolute Gasteiger partial charge is 0.451 e. The number of aromatic nitrogens is 2. The average molecular weight is 327 g/mol. The molecule has 0 bridgehead atoms. The summed E-state index contributed by atoms with van der Waals surface area (Å²) in [7, 11) is 0. The van der Waals surface area contributed by atoms with Crippen LogP contribution in [0, 0.1) is 0 Å². The molecule has 22 heavy (non-hydrogen) atoms. The van der Waals surface area contributed by atoms with Crippen molar-refractivity contribution >= 4 is 11.3 Å². The van der Waals surface area contributed by atoms with Crippen molar-refractivity contribution in [3.8, 4) is 0 Å². The minimum absolute atomic E-state index is 0.527. The van der Waals surface area contributed by atoms with Gasteiger partial charge in [-0.3, -0.25) is 4.90 Å². The number of hydrogen-bond donors (Lipinski definition) is 0. The van der Waals surface area contributed by atoms with Crippen LogP contribution in [0.4, 0.5) is 13.2 Å². The van der Waals surface area contributed by atoms with Gasteiger partial charge in [0.2, 0.25) is 5.82 Å². The van der Waals surface area contributed by atoms with E-state index >= 15 is 0 Å². The van der Waals surface area contributed by atoms with E-state index in [-0.39, 0.29) is 0 Å². The van der Waals surface area contributed by atoms with Crippen molar-refractivity contribution in [1.82, 2.24) is 14.9 Å². The Hall–Kier alpha value is -1.47. The standard InChI is InChI=1S/C15H16F3N3S/c1-2-11-3-4-12(22-11)9-21-6-5-13-10(8-21)7-19-14(20-13)15(16,17)18/h3-4,7H,2,5-6,8-9H2,1H3. The third-order valence-electron chi connectivity index (χ3n) is 3.71. The number of halogens is 3. The highest BCUT2D eigenvalue weighted by Gasteiger charge is 2.35. The monoisotopic (exact) mass is 327 g/mol. The molecule has 0 atom stereocenters. The minimum Gasteiger partial charge on any atom is -0.293 e. The summed E-state index contributed by atoms with van der Waals surface area (Å²) < 4.78 is 37.9. The topological polar surface area (TPSA) is 29.0 Å². The predicted molar refractivity (Wildman–Crippen MR) is 78.5 cm³/mol. The molecule has 118 valence electrons. The van der Waals surface area contributed by atoms with Crippen LogP contribution in [0.5, 0.6) is 0 Å². The Balaban J connectivity index is 1.71. The zero-order chi connectivity index (χ0) is 15.7. The van der Waals surface area contributed by atoms with Gasteiger partial charge in [-0.25, -0.2) is 9.97 Å². The highest BCUT2D eigenvalue weighted by molar-refractivity contribution is 7.11. The molecule has 0 amide bonds. The number of rotatable bonds is 3. The maximum absolute atomic E-state index is 12.6. The van der Waals surface area contributed by atoms with Gasteiger partial charge in [0, 0.05) is 47.6 Å². The quantitative estimate of drug-likeness (QED) is 0.861. The second-order valence-corrected chi connectivity index (χ2v) is 6.60. The van der Waals surface area contributed by atoms with Crippen LogP contribution in [-0.4, -0.2) is 21.4 Å². The van der Waals surface area contributed by atoms with Crippen LogP contribution in [0.3, 0.4) is 0 Å². The van der Waals surface area contributed by atoms with E-state index in [1.807, 2.05) is 0 Å². The molecule has 0 spiro atoms. The molecule has 7 heteroatoms. The Labute approximate surface area is 130 Å². The van der Waals surface area contributed by atoms with Crippen molar-refractivity contribution in [2.75, 3.05) is 6.54 Å². The lowest BCUT2D eigenvalue weighted by Crippen LogP contribution is -2.31. The SMILES string of the molecule is CCc1ccc(CN2CCc3nc(C(F)(F)F)ncc3C2)s1. The van der Waals surface area contributed by atoms with E-state index in [1.165, 1.54) is 16.0 Å². The van der Waals surface area contributed by atoms with Gasteiger partial charge in [0.25, 0.3) is 0 Å². The molecule has 0 aliphatic carbocycles. The van der Waals surface area contributed by atoms with Crippen molar-refractivity contribution in [3.63, 3.8) is 0 Å². The smallest absolute Gasteiger partial charge is 0.293 e. The molecule has 0 saturated heterocycles. The van der Waals surface area contributed by atoms with Crippen LogP contribution < -0.4 is 0 Å². The van der Waals surface area contributed by atoms with Crippen LogP contribution in [0.15, 0.2) is 18.3 Å². The Morgan fingerprint density at radius 2 is 2.05 bits per heavy atom. The zero-order valence-corrected chi connectivity index (χ0v) is 13.0. The molecule has 0 unspecified atom stereocenters. The van der Waals surface area contributed by atoms with E-state index in [0.717, 1.165) is 25.1 Å². The van der Waals surface area contributed by atoms with Gasteiger partial charge < -0.3 is 0 Å². The normalized spacial score (nSPS) is 15.8. The molecule has 0 radical (unpaired) electrons. The molecule has 3 heterocycles. The van der Waals surface area contributed by atoms with Gasteiger partial charge in [-0.1, -0.05) is 6.92 Å². The van der Waals surface area contributed by atoms with Gasteiger partial charge in [-0.15, -0.1) is 11.3 Å². The molecular weight excluding hydrogens is 311 g/mol. The van der Waals surface area contributed by atoms with Crippen molar-refractivity contribution < 1.29 is 13.2 Å². The van der Waals surface area contributed by atoms with Gasteiger partial charge in [0.15, 0.2) is 0 Å². The fraction of sp³-hybridized carbons (Fsp3) is 0.467.